The molecule has 0 aliphatic carbocycles. The van der Waals surface area contributed by atoms with Crippen molar-refractivity contribution in [3.05, 3.63) is 12.7 Å². The molecule has 2 aromatic rings. The van der Waals surface area contributed by atoms with Gasteiger partial charge in [0.05, 0.1) is 31.7 Å². The highest BCUT2D eigenvalue weighted by molar-refractivity contribution is 7.43. The number of hydrogen-bond donors (Lipinski definition) is 1. The van der Waals surface area contributed by atoms with Gasteiger partial charge in [-0.1, -0.05) is 11.7 Å². The summed E-state index contributed by atoms with van der Waals surface area (Å²) in [6, 6.07) is 1.79. The van der Waals surface area contributed by atoms with Crippen LogP contribution in [0.2, 0.25) is 0 Å². The van der Waals surface area contributed by atoms with Crippen LogP contribution in [0.15, 0.2) is 17.4 Å². The average Bonchev–Trinajstić information content (AvgIpc) is 3.21. The Balaban J connectivity index is 2.31. The van der Waals surface area contributed by atoms with E-state index in [-0.39, 0.29) is 19.0 Å². The van der Waals surface area contributed by atoms with Crippen LogP contribution in [0.1, 0.15) is 48.0 Å². The molecule has 13 nitrogen and oxygen atoms in total. The van der Waals surface area contributed by atoms with Crippen LogP contribution in [0, 0.1) is 11.3 Å². The van der Waals surface area contributed by atoms with Gasteiger partial charge in [-0.3, -0.25) is 0 Å². The number of nitrogens with zero attached hydrogens (tertiary/aromatic N) is 6. The van der Waals surface area contributed by atoms with E-state index in [1.807, 2.05) is 6.92 Å². The van der Waals surface area contributed by atoms with E-state index in [2.05, 4.69) is 19.7 Å². The summed E-state index contributed by atoms with van der Waals surface area (Å²) in [4.78, 5) is 51.0. The van der Waals surface area contributed by atoms with E-state index in [0.717, 1.165) is 0 Å². The number of hydrogen-bond acceptors (Lipinski definition) is 12. The molecule has 0 radical (unpaired) electrons. The molecule has 2 N–H and O–H groups in total. The van der Waals surface area contributed by atoms with Crippen molar-refractivity contribution in [1.82, 2.24) is 19.5 Å². The molecule has 0 aliphatic heterocycles. The quantitative estimate of drug-likeness (QED) is 0.316. The third-order valence-corrected chi connectivity index (χ3v) is 6.68. The third-order valence-electron chi connectivity index (χ3n) is 4.93. The first-order valence-electron chi connectivity index (χ1n) is 11.4. The number of nitrogens with two attached hydrogens (primary N) is 1. The predicted molar refractivity (Wildman–Crippen MR) is 129 cm³/mol. The molecule has 196 valence electrons. The smallest absolute Gasteiger partial charge is 0.377 e. The van der Waals surface area contributed by atoms with Gasteiger partial charge in [-0.15, -0.1) is 0 Å². The maximum atomic E-state index is 13.4. The van der Waals surface area contributed by atoms with E-state index in [4.69, 9.17) is 19.9 Å². The van der Waals surface area contributed by atoms with Crippen LogP contribution in [0.3, 0.4) is 0 Å². The number of carbonyl (C=O) groups is 2. The summed E-state index contributed by atoms with van der Waals surface area (Å²) in [5.41, 5.74) is 5.16. The minimum absolute atomic E-state index is 0.160. The molecule has 0 saturated carbocycles. The van der Waals surface area contributed by atoms with Crippen LogP contribution >= 0.6 is 7.94 Å². The monoisotopic (exact) mass is 521 g/mol. The number of imidazole rings is 1. The first-order chi connectivity index (χ1) is 16.9. The molecular weight excluding hydrogens is 489 g/mol. The molecule has 0 spiro atoms. The first kappa shape index (κ1) is 29.0. The minimum atomic E-state index is -2.99. The summed E-state index contributed by atoms with van der Waals surface area (Å²) in [7, 11) is -2.99. The zero-order valence-corrected chi connectivity index (χ0v) is 22.2. The Labute approximate surface area is 210 Å². The lowest BCUT2D eigenvalue weighted by Crippen LogP contribution is -2.45. The second kappa shape index (κ2) is 12.2. The SMILES string of the molecule is CCCOC(=O)C(C)(C)/N=[P+](\[O-])C(C#N)(COC(C)Cn1cnc2c(N)ncnc21)C(=O)OC(C)C. The van der Waals surface area contributed by atoms with Crippen LogP contribution in [0.5, 0.6) is 0 Å². The van der Waals surface area contributed by atoms with E-state index < -0.39 is 49.4 Å². The topological polar surface area (TPSA) is 191 Å². The summed E-state index contributed by atoms with van der Waals surface area (Å²) >= 11 is 0. The van der Waals surface area contributed by atoms with Crippen molar-refractivity contribution in [3.63, 3.8) is 0 Å². The Morgan fingerprint density at radius 2 is 1.97 bits per heavy atom. The first-order valence-corrected chi connectivity index (χ1v) is 12.6. The van der Waals surface area contributed by atoms with E-state index in [9.17, 15) is 19.7 Å². The van der Waals surface area contributed by atoms with E-state index in [1.165, 1.54) is 26.5 Å². The molecule has 3 unspecified atom stereocenters. The van der Waals surface area contributed by atoms with Crippen molar-refractivity contribution in [2.75, 3.05) is 18.9 Å². The fourth-order valence-electron chi connectivity index (χ4n) is 2.97. The number of esters is 2. The average molecular weight is 522 g/mol. The van der Waals surface area contributed by atoms with Crippen molar-refractivity contribution >= 4 is 36.9 Å². The maximum absolute atomic E-state index is 13.4. The van der Waals surface area contributed by atoms with Crippen molar-refractivity contribution in [2.24, 2.45) is 4.74 Å². The standard InChI is InChI=1S/C22H32N7O6P/c1-7-8-33-19(30)21(5,6)28-36(32)22(10-23,20(31)35-14(2)3)11-34-15(4)9-29-13-27-16-17(24)25-12-26-18(16)29/h12-15H,7-9,11H2,1-6H3,(H2,24,25,26). The number of anilines is 1. The Morgan fingerprint density at radius 3 is 2.58 bits per heavy atom. The second-order valence-corrected chi connectivity index (χ2v) is 10.5. The normalized spacial score (nSPS) is 14.8. The van der Waals surface area contributed by atoms with Gasteiger partial charge in [-0.25, -0.2) is 24.5 Å². The maximum Gasteiger partial charge on any atom is 0.377 e. The molecule has 2 aromatic heterocycles. The molecule has 36 heavy (non-hydrogen) atoms. The zero-order chi connectivity index (χ0) is 27.1. The Bertz CT molecular complexity index is 1160. The number of rotatable bonds is 12. The van der Waals surface area contributed by atoms with Crippen molar-refractivity contribution < 1.29 is 28.7 Å². The number of fused-ring (bicyclic) bond motifs is 1. The molecule has 3 atom stereocenters. The van der Waals surface area contributed by atoms with Gasteiger partial charge >= 0.3 is 17.1 Å². The molecule has 14 heteroatoms. The van der Waals surface area contributed by atoms with Crippen LogP contribution in [0.25, 0.3) is 11.2 Å². The van der Waals surface area contributed by atoms with Gasteiger partial charge in [0.15, 0.2) is 17.0 Å². The highest BCUT2D eigenvalue weighted by atomic mass is 31.1. The molecule has 0 saturated heterocycles. The lowest BCUT2D eigenvalue weighted by molar-refractivity contribution is -0.170. The van der Waals surface area contributed by atoms with Crippen LogP contribution in [-0.2, 0) is 30.3 Å². The molecule has 0 aromatic carbocycles. The molecule has 0 fully saturated rings. The van der Waals surface area contributed by atoms with Crippen LogP contribution in [0.4, 0.5) is 5.82 Å². The van der Waals surface area contributed by atoms with Gasteiger partial charge in [-0.05, 0) is 41.0 Å². The molecule has 0 aliphatic rings. The van der Waals surface area contributed by atoms with Gasteiger partial charge in [0.1, 0.15) is 24.5 Å². The summed E-state index contributed by atoms with van der Waals surface area (Å²) in [6.07, 6.45) is 2.25. The highest BCUT2D eigenvalue weighted by Gasteiger charge is 2.54. The Kier molecular flexibility index (Phi) is 9.81. The molecule has 2 rings (SSSR count). The Hall–Kier alpha value is -3.20. The lowest BCUT2D eigenvalue weighted by Gasteiger charge is -2.25. The zero-order valence-electron chi connectivity index (χ0n) is 21.3. The summed E-state index contributed by atoms with van der Waals surface area (Å²) in [5.74, 6) is -1.55. The lowest BCUT2D eigenvalue weighted by atomic mass is 10.1. The van der Waals surface area contributed by atoms with E-state index in [0.29, 0.717) is 17.6 Å². The van der Waals surface area contributed by atoms with E-state index in [1.54, 1.807) is 31.4 Å². The molecule has 0 amide bonds. The van der Waals surface area contributed by atoms with Crippen LogP contribution < -0.4 is 10.6 Å². The fraction of sp³-hybridized carbons (Fsp3) is 0.636. The second-order valence-electron chi connectivity index (χ2n) is 8.94. The predicted octanol–water partition coefficient (Wildman–Crippen LogP) is 1.70. The van der Waals surface area contributed by atoms with Gasteiger partial charge < -0.3 is 29.4 Å². The molecule has 2 heterocycles. The third kappa shape index (κ3) is 6.72. The number of aromatic nitrogens is 4. The van der Waals surface area contributed by atoms with E-state index >= 15 is 0 Å². The number of nitriles is 1. The van der Waals surface area contributed by atoms with Crippen molar-refractivity contribution in [1.29, 1.82) is 5.26 Å². The van der Waals surface area contributed by atoms with Crippen molar-refractivity contribution in [2.45, 2.75) is 77.4 Å². The molecular formula is C22H32N7O6P. The number of carbonyl (C=O) groups excluding carboxylic acids is 2. The fourth-order valence-corrected chi connectivity index (χ4v) is 4.16. The van der Waals surface area contributed by atoms with Crippen LogP contribution in [-0.4, -0.2) is 67.6 Å². The van der Waals surface area contributed by atoms with Crippen molar-refractivity contribution in [3.8, 4) is 6.07 Å². The van der Waals surface area contributed by atoms with Gasteiger partial charge in [0, 0.05) is 0 Å². The summed E-state index contributed by atoms with van der Waals surface area (Å²) in [6.45, 7) is 9.32. The summed E-state index contributed by atoms with van der Waals surface area (Å²) < 4.78 is 21.8. The summed E-state index contributed by atoms with van der Waals surface area (Å²) in [5, 5.41) is 7.73. The minimum Gasteiger partial charge on any atom is -0.610 e. The number of nitrogen functional groups attached to an aromatic ring is 1. The van der Waals surface area contributed by atoms with Gasteiger partial charge in [-0.2, -0.15) is 5.26 Å². The number of ether oxygens (including phenoxy) is 3. The largest absolute Gasteiger partial charge is 0.610 e. The van der Waals surface area contributed by atoms with Gasteiger partial charge in [0.25, 0.3) is 0 Å². The Morgan fingerprint density at radius 1 is 1.28 bits per heavy atom. The van der Waals surface area contributed by atoms with Gasteiger partial charge in [0.2, 0.25) is 7.94 Å². The highest BCUT2D eigenvalue weighted by Crippen LogP contribution is 2.40. The molecule has 0 bridgehead atoms.